The summed E-state index contributed by atoms with van der Waals surface area (Å²) in [5.74, 6) is -5.04. The number of carboxylic acid groups (broad SMARTS) is 1. The van der Waals surface area contributed by atoms with Crippen molar-refractivity contribution in [3.63, 3.8) is 0 Å². The summed E-state index contributed by atoms with van der Waals surface area (Å²) in [6.45, 7) is 3.63. The zero-order valence-electron chi connectivity index (χ0n) is 21.5. The summed E-state index contributed by atoms with van der Waals surface area (Å²) in [4.78, 5) is 72.4. The highest BCUT2D eigenvalue weighted by molar-refractivity contribution is 5.96. The third-order valence-corrected chi connectivity index (χ3v) is 5.72. The summed E-state index contributed by atoms with van der Waals surface area (Å²) in [5.41, 5.74) is 22.3. The number of nitrogens with two attached hydrogens (primary N) is 4. The normalized spacial score (nSPS) is 14.7. The lowest BCUT2D eigenvalue weighted by Crippen LogP contribution is -2.59. The van der Waals surface area contributed by atoms with E-state index in [0.29, 0.717) is 12.1 Å². The van der Waals surface area contributed by atoms with E-state index in [9.17, 15) is 29.1 Å². The predicted molar refractivity (Wildman–Crippen MR) is 137 cm³/mol. The van der Waals surface area contributed by atoms with Crippen molar-refractivity contribution in [3.8, 4) is 0 Å². The highest BCUT2D eigenvalue weighted by atomic mass is 16.4. The number of imidazole rings is 1. The van der Waals surface area contributed by atoms with Crippen molar-refractivity contribution in [2.45, 2.75) is 70.1 Å². The Hall–Kier alpha value is -4.21. The molecule has 0 saturated heterocycles. The van der Waals surface area contributed by atoms with Crippen LogP contribution in [0.3, 0.4) is 0 Å². The fourth-order valence-electron chi connectivity index (χ4n) is 3.39. The van der Waals surface area contributed by atoms with Crippen molar-refractivity contribution < 1.29 is 29.1 Å². The lowest BCUT2D eigenvalue weighted by molar-refractivity contribution is -0.143. The Balaban J connectivity index is 2.94. The van der Waals surface area contributed by atoms with E-state index in [4.69, 9.17) is 22.9 Å². The smallest absolute Gasteiger partial charge is 0.326 e. The molecule has 1 rings (SSSR count). The Bertz CT molecular complexity index is 979. The van der Waals surface area contributed by atoms with Crippen LogP contribution in [0.2, 0.25) is 0 Å². The number of aliphatic carboxylic acids is 1. The quantitative estimate of drug-likeness (QED) is 0.0543. The number of nitrogens with one attached hydrogen (secondary N) is 4. The molecule has 0 spiro atoms. The van der Waals surface area contributed by atoms with Gasteiger partial charge in [-0.1, -0.05) is 20.3 Å². The maximum absolute atomic E-state index is 13.1. The first-order chi connectivity index (χ1) is 17.8. The van der Waals surface area contributed by atoms with Gasteiger partial charge >= 0.3 is 5.97 Å². The van der Waals surface area contributed by atoms with E-state index >= 15 is 0 Å². The first-order valence-corrected chi connectivity index (χ1v) is 12.1. The molecule has 16 heteroatoms. The van der Waals surface area contributed by atoms with Gasteiger partial charge < -0.3 is 49.0 Å². The fourth-order valence-corrected chi connectivity index (χ4v) is 3.39. The number of hydrogen-bond donors (Lipinski definition) is 9. The molecular formula is C22H38N10O6. The number of H-pyrrole nitrogens is 1. The summed E-state index contributed by atoms with van der Waals surface area (Å²) < 4.78 is 0. The van der Waals surface area contributed by atoms with Gasteiger partial charge in [-0.3, -0.25) is 24.2 Å². The molecule has 0 aliphatic carbocycles. The lowest BCUT2D eigenvalue weighted by Gasteiger charge is -2.27. The van der Waals surface area contributed by atoms with Gasteiger partial charge in [0.1, 0.15) is 18.1 Å². The number of aromatic amines is 1. The minimum absolute atomic E-state index is 0.0353. The lowest BCUT2D eigenvalue weighted by atomic mass is 9.97. The van der Waals surface area contributed by atoms with E-state index in [1.165, 1.54) is 12.5 Å². The number of rotatable bonds is 17. The van der Waals surface area contributed by atoms with Crippen LogP contribution in [0.25, 0.3) is 0 Å². The SMILES string of the molecule is CCC(C)C(NC(=O)C(CC(N)=O)NC(=O)C(N)Cc1cnc[nH]1)C(=O)NC(CCCN=C(N)N)C(=O)O. The summed E-state index contributed by atoms with van der Waals surface area (Å²) >= 11 is 0. The molecule has 1 heterocycles. The standard InChI is InChI=1S/C22H38N10O6/c1-3-11(2)17(20(36)30-14(21(37)38)5-4-6-28-22(25)26)32-19(35)15(8-16(24)33)31-18(34)13(23)7-12-9-27-10-29-12/h9-11,13-15,17H,3-8,23H2,1-2H3,(H2,24,33)(H,27,29)(H,30,36)(H,31,34)(H,32,35)(H,37,38)(H4,25,26,28). The van der Waals surface area contributed by atoms with Gasteiger partial charge in [-0.2, -0.15) is 0 Å². The van der Waals surface area contributed by atoms with Crippen molar-refractivity contribution in [3.05, 3.63) is 18.2 Å². The van der Waals surface area contributed by atoms with E-state index in [1.807, 2.05) is 0 Å². The number of carboxylic acids is 1. The number of aromatic nitrogens is 2. The third-order valence-electron chi connectivity index (χ3n) is 5.72. The van der Waals surface area contributed by atoms with E-state index in [2.05, 4.69) is 30.9 Å². The predicted octanol–water partition coefficient (Wildman–Crippen LogP) is -3.21. The van der Waals surface area contributed by atoms with Crippen LogP contribution in [0.15, 0.2) is 17.5 Å². The Labute approximate surface area is 219 Å². The summed E-state index contributed by atoms with van der Waals surface area (Å²) in [6, 6.07) is -4.91. The van der Waals surface area contributed by atoms with Gasteiger partial charge in [0.05, 0.1) is 18.8 Å². The molecule has 0 radical (unpaired) electrons. The molecule has 1 aromatic rings. The van der Waals surface area contributed by atoms with Crippen molar-refractivity contribution in [1.29, 1.82) is 0 Å². The van der Waals surface area contributed by atoms with Crippen LogP contribution in [-0.2, 0) is 30.4 Å². The van der Waals surface area contributed by atoms with Crippen LogP contribution in [-0.4, -0.2) is 81.3 Å². The number of nitrogens with zero attached hydrogens (tertiary/aromatic N) is 2. The molecule has 5 atom stereocenters. The molecular weight excluding hydrogens is 500 g/mol. The van der Waals surface area contributed by atoms with Gasteiger partial charge in [0.15, 0.2) is 5.96 Å². The minimum atomic E-state index is -1.41. The monoisotopic (exact) mass is 538 g/mol. The molecule has 212 valence electrons. The van der Waals surface area contributed by atoms with Crippen molar-refractivity contribution in [2.75, 3.05) is 6.54 Å². The van der Waals surface area contributed by atoms with Gasteiger partial charge in [-0.15, -0.1) is 0 Å². The molecule has 0 saturated carbocycles. The number of carbonyl (C=O) groups is 5. The molecule has 0 bridgehead atoms. The molecule has 13 N–H and O–H groups in total. The molecule has 16 nitrogen and oxygen atoms in total. The molecule has 0 aliphatic rings. The van der Waals surface area contributed by atoms with Gasteiger partial charge in [-0.25, -0.2) is 9.78 Å². The van der Waals surface area contributed by atoms with E-state index < -0.39 is 66.1 Å². The first-order valence-electron chi connectivity index (χ1n) is 12.1. The highest BCUT2D eigenvalue weighted by Crippen LogP contribution is 2.11. The maximum Gasteiger partial charge on any atom is 0.326 e. The van der Waals surface area contributed by atoms with E-state index in [1.54, 1.807) is 13.8 Å². The number of hydrogen-bond acceptors (Lipinski definition) is 8. The Morgan fingerprint density at radius 1 is 1.05 bits per heavy atom. The number of amides is 4. The number of primary amides is 1. The average Bonchev–Trinajstić information content (AvgIpc) is 3.35. The zero-order chi connectivity index (χ0) is 28.8. The Kier molecular flexibility index (Phi) is 13.2. The zero-order valence-corrected chi connectivity index (χ0v) is 21.5. The van der Waals surface area contributed by atoms with Crippen molar-refractivity contribution in [1.82, 2.24) is 25.9 Å². The summed E-state index contributed by atoms with van der Waals surface area (Å²) in [5, 5.41) is 16.8. The van der Waals surface area contributed by atoms with Crippen LogP contribution in [0.1, 0.15) is 45.2 Å². The van der Waals surface area contributed by atoms with Gasteiger partial charge in [0.2, 0.25) is 23.6 Å². The second-order valence-corrected chi connectivity index (χ2v) is 8.84. The molecule has 1 aromatic heterocycles. The molecule has 0 aromatic carbocycles. The third kappa shape index (κ3) is 11.2. The van der Waals surface area contributed by atoms with Gasteiger partial charge in [-0.05, 0) is 18.8 Å². The van der Waals surface area contributed by atoms with Crippen molar-refractivity contribution in [2.24, 2.45) is 33.8 Å². The van der Waals surface area contributed by atoms with Crippen LogP contribution in [0.4, 0.5) is 0 Å². The summed E-state index contributed by atoms with van der Waals surface area (Å²) in [6.07, 6.45) is 3.21. The van der Waals surface area contributed by atoms with Gasteiger partial charge in [0.25, 0.3) is 0 Å². The van der Waals surface area contributed by atoms with E-state index in [-0.39, 0.29) is 31.8 Å². The maximum atomic E-state index is 13.1. The second kappa shape index (κ2) is 15.8. The largest absolute Gasteiger partial charge is 0.480 e. The molecule has 0 aliphatic heterocycles. The number of guanidine groups is 1. The molecule has 5 unspecified atom stereocenters. The van der Waals surface area contributed by atoms with Crippen LogP contribution >= 0.6 is 0 Å². The van der Waals surface area contributed by atoms with Crippen LogP contribution < -0.4 is 38.9 Å². The van der Waals surface area contributed by atoms with Crippen LogP contribution in [0.5, 0.6) is 0 Å². The summed E-state index contributed by atoms with van der Waals surface area (Å²) in [7, 11) is 0. The number of carbonyl (C=O) groups excluding carboxylic acids is 4. The fraction of sp³-hybridized carbons (Fsp3) is 0.591. The number of aliphatic imine (C=N–C) groups is 1. The van der Waals surface area contributed by atoms with Crippen molar-refractivity contribution >= 4 is 35.6 Å². The first kappa shape index (κ1) is 31.8. The van der Waals surface area contributed by atoms with E-state index in [0.717, 1.165) is 0 Å². The molecule has 0 fully saturated rings. The van der Waals surface area contributed by atoms with Crippen LogP contribution in [0, 0.1) is 5.92 Å². The molecule has 4 amide bonds. The minimum Gasteiger partial charge on any atom is -0.480 e. The topological polar surface area (TPSA) is 287 Å². The average molecular weight is 539 g/mol. The second-order valence-electron chi connectivity index (χ2n) is 8.84. The Morgan fingerprint density at radius 3 is 2.24 bits per heavy atom. The highest BCUT2D eigenvalue weighted by Gasteiger charge is 2.33. The Morgan fingerprint density at radius 2 is 1.71 bits per heavy atom. The molecule has 38 heavy (non-hydrogen) atoms. The van der Waals surface area contributed by atoms with Gasteiger partial charge in [0, 0.05) is 24.9 Å².